The molecule has 0 spiro atoms. The Balaban J connectivity index is 2.67. The number of halogens is 1. The summed E-state index contributed by atoms with van der Waals surface area (Å²) in [4.78, 5) is 10.6. The van der Waals surface area contributed by atoms with Gasteiger partial charge in [-0.15, -0.1) is 0 Å². The van der Waals surface area contributed by atoms with E-state index in [0.29, 0.717) is 5.56 Å². The molecule has 0 fully saturated rings. The molecule has 0 atom stereocenters. The molecule has 3 nitrogen and oxygen atoms in total. The van der Waals surface area contributed by atoms with Crippen LogP contribution in [0.4, 0.5) is 0 Å². The van der Waals surface area contributed by atoms with E-state index < -0.39 is 5.97 Å². The SMILES string of the molecule is O=C(O)c1ccn2cc(Br)cc2c1. The lowest BCUT2D eigenvalue weighted by Crippen LogP contribution is -1.96. The van der Waals surface area contributed by atoms with Crippen molar-refractivity contribution in [2.45, 2.75) is 0 Å². The number of aromatic nitrogens is 1. The minimum Gasteiger partial charge on any atom is -0.478 e. The zero-order valence-electron chi connectivity index (χ0n) is 6.57. The van der Waals surface area contributed by atoms with Gasteiger partial charge in [-0.05, 0) is 34.1 Å². The standard InChI is InChI=1S/C9H6BrNO2/c10-7-4-8-3-6(9(12)13)1-2-11(8)5-7/h1-5H,(H,12,13). The number of carboxylic acids is 1. The predicted octanol–water partition coefficient (Wildman–Crippen LogP) is 2.40. The largest absolute Gasteiger partial charge is 0.478 e. The summed E-state index contributed by atoms with van der Waals surface area (Å²) < 4.78 is 2.80. The lowest BCUT2D eigenvalue weighted by atomic mass is 10.2. The number of pyridine rings is 1. The van der Waals surface area contributed by atoms with Crippen molar-refractivity contribution in [1.82, 2.24) is 4.40 Å². The highest BCUT2D eigenvalue weighted by Gasteiger charge is 2.03. The second-order valence-electron chi connectivity index (χ2n) is 2.71. The van der Waals surface area contributed by atoms with Crippen LogP contribution in [0.2, 0.25) is 0 Å². The molecule has 2 aromatic heterocycles. The molecule has 0 radical (unpaired) electrons. The number of nitrogens with zero attached hydrogens (tertiary/aromatic N) is 1. The maximum Gasteiger partial charge on any atom is 0.335 e. The van der Waals surface area contributed by atoms with E-state index in [-0.39, 0.29) is 0 Å². The Morgan fingerprint density at radius 2 is 2.23 bits per heavy atom. The van der Waals surface area contributed by atoms with Crippen LogP contribution in [0.3, 0.4) is 0 Å². The molecule has 4 heteroatoms. The molecule has 0 bridgehead atoms. The number of fused-ring (bicyclic) bond motifs is 1. The van der Waals surface area contributed by atoms with Crippen LogP contribution in [0.25, 0.3) is 5.52 Å². The average molecular weight is 240 g/mol. The van der Waals surface area contributed by atoms with Crippen LogP contribution in [0.15, 0.2) is 35.1 Å². The molecule has 2 aromatic rings. The van der Waals surface area contributed by atoms with Gasteiger partial charge < -0.3 is 9.51 Å². The van der Waals surface area contributed by atoms with Crippen molar-refractivity contribution < 1.29 is 9.90 Å². The van der Waals surface area contributed by atoms with Crippen LogP contribution in [-0.4, -0.2) is 15.5 Å². The summed E-state index contributed by atoms with van der Waals surface area (Å²) in [7, 11) is 0. The molecular formula is C9H6BrNO2. The Labute approximate surface area is 82.7 Å². The molecule has 0 saturated carbocycles. The monoisotopic (exact) mass is 239 g/mol. The Morgan fingerprint density at radius 3 is 2.92 bits per heavy atom. The lowest BCUT2D eigenvalue weighted by molar-refractivity contribution is 0.0697. The van der Waals surface area contributed by atoms with E-state index in [1.165, 1.54) is 0 Å². The Hall–Kier alpha value is -1.29. The van der Waals surface area contributed by atoms with Crippen LogP contribution < -0.4 is 0 Å². The van der Waals surface area contributed by atoms with Crippen molar-refractivity contribution in [3.8, 4) is 0 Å². The van der Waals surface area contributed by atoms with Gasteiger partial charge in [-0.1, -0.05) is 0 Å². The molecule has 0 aromatic carbocycles. The van der Waals surface area contributed by atoms with Crippen molar-refractivity contribution >= 4 is 27.4 Å². The first-order chi connectivity index (χ1) is 6.16. The quantitative estimate of drug-likeness (QED) is 0.831. The molecule has 0 unspecified atom stereocenters. The maximum absolute atomic E-state index is 10.6. The molecule has 2 rings (SSSR count). The zero-order chi connectivity index (χ0) is 9.42. The van der Waals surface area contributed by atoms with E-state index in [9.17, 15) is 4.79 Å². The smallest absolute Gasteiger partial charge is 0.335 e. The fourth-order valence-corrected chi connectivity index (χ4v) is 1.66. The molecule has 0 aliphatic carbocycles. The predicted molar refractivity (Wildman–Crippen MR) is 52.1 cm³/mol. The van der Waals surface area contributed by atoms with Gasteiger partial charge in [-0.25, -0.2) is 4.79 Å². The van der Waals surface area contributed by atoms with Crippen LogP contribution >= 0.6 is 15.9 Å². The average Bonchev–Trinajstić information content (AvgIpc) is 2.42. The summed E-state index contributed by atoms with van der Waals surface area (Å²) >= 11 is 3.32. The second kappa shape index (κ2) is 2.88. The fraction of sp³-hybridized carbons (Fsp3) is 0. The Morgan fingerprint density at radius 1 is 1.46 bits per heavy atom. The molecule has 66 valence electrons. The van der Waals surface area contributed by atoms with Crippen molar-refractivity contribution in [3.63, 3.8) is 0 Å². The summed E-state index contributed by atoms with van der Waals surface area (Å²) in [5.41, 5.74) is 1.17. The molecule has 1 N–H and O–H groups in total. The number of rotatable bonds is 1. The molecule has 0 aliphatic heterocycles. The summed E-state index contributed by atoms with van der Waals surface area (Å²) in [5, 5.41) is 8.73. The van der Waals surface area contributed by atoms with Crippen LogP contribution in [-0.2, 0) is 0 Å². The van der Waals surface area contributed by atoms with E-state index >= 15 is 0 Å². The summed E-state index contributed by atoms with van der Waals surface area (Å²) in [5.74, 6) is -0.903. The second-order valence-corrected chi connectivity index (χ2v) is 3.63. The first-order valence-electron chi connectivity index (χ1n) is 3.67. The van der Waals surface area contributed by atoms with Gasteiger partial charge in [0.1, 0.15) is 0 Å². The van der Waals surface area contributed by atoms with Gasteiger partial charge in [0, 0.05) is 22.4 Å². The van der Waals surface area contributed by atoms with Gasteiger partial charge in [-0.2, -0.15) is 0 Å². The molecular weight excluding hydrogens is 234 g/mol. The van der Waals surface area contributed by atoms with Crippen molar-refractivity contribution in [2.24, 2.45) is 0 Å². The summed E-state index contributed by atoms with van der Waals surface area (Å²) in [6.45, 7) is 0. The van der Waals surface area contributed by atoms with Crippen LogP contribution in [0.5, 0.6) is 0 Å². The first-order valence-corrected chi connectivity index (χ1v) is 4.47. The van der Waals surface area contributed by atoms with E-state index in [1.807, 2.05) is 16.7 Å². The van der Waals surface area contributed by atoms with E-state index in [1.54, 1.807) is 18.3 Å². The van der Waals surface area contributed by atoms with Gasteiger partial charge in [0.25, 0.3) is 0 Å². The number of carbonyl (C=O) groups is 1. The highest BCUT2D eigenvalue weighted by atomic mass is 79.9. The van der Waals surface area contributed by atoms with Gasteiger partial charge in [-0.3, -0.25) is 0 Å². The number of hydrogen-bond acceptors (Lipinski definition) is 1. The Bertz CT molecular complexity index is 475. The topological polar surface area (TPSA) is 41.7 Å². The van der Waals surface area contributed by atoms with Crippen molar-refractivity contribution in [3.05, 3.63) is 40.6 Å². The normalized spacial score (nSPS) is 10.5. The molecule has 0 aliphatic rings. The highest BCUT2D eigenvalue weighted by molar-refractivity contribution is 9.10. The van der Waals surface area contributed by atoms with Gasteiger partial charge in [0.15, 0.2) is 0 Å². The molecule has 0 amide bonds. The first kappa shape index (κ1) is 8.31. The van der Waals surface area contributed by atoms with Gasteiger partial charge in [0.2, 0.25) is 0 Å². The van der Waals surface area contributed by atoms with Crippen molar-refractivity contribution in [2.75, 3.05) is 0 Å². The van der Waals surface area contributed by atoms with Crippen LogP contribution in [0, 0.1) is 0 Å². The van der Waals surface area contributed by atoms with Crippen molar-refractivity contribution in [1.29, 1.82) is 0 Å². The molecule has 0 saturated heterocycles. The minimum atomic E-state index is -0.903. The third-order valence-corrected chi connectivity index (χ3v) is 2.25. The van der Waals surface area contributed by atoms with E-state index in [0.717, 1.165) is 9.99 Å². The molecule has 13 heavy (non-hydrogen) atoms. The fourth-order valence-electron chi connectivity index (χ4n) is 1.21. The number of carboxylic acid groups (broad SMARTS) is 1. The molecule has 2 heterocycles. The van der Waals surface area contributed by atoms with Gasteiger partial charge in [0.05, 0.1) is 5.56 Å². The summed E-state index contributed by atoms with van der Waals surface area (Å²) in [6, 6.07) is 5.07. The zero-order valence-corrected chi connectivity index (χ0v) is 8.15. The lowest BCUT2D eigenvalue weighted by Gasteiger charge is -1.95. The minimum absolute atomic E-state index is 0.304. The third kappa shape index (κ3) is 1.45. The van der Waals surface area contributed by atoms with Crippen LogP contribution in [0.1, 0.15) is 10.4 Å². The highest BCUT2D eigenvalue weighted by Crippen LogP contribution is 2.16. The third-order valence-electron chi connectivity index (χ3n) is 1.81. The van der Waals surface area contributed by atoms with E-state index in [2.05, 4.69) is 15.9 Å². The maximum atomic E-state index is 10.6. The number of aromatic carboxylic acids is 1. The van der Waals surface area contributed by atoms with E-state index in [4.69, 9.17) is 5.11 Å². The summed E-state index contributed by atoms with van der Waals surface area (Å²) in [6.07, 6.45) is 3.60. The Kier molecular flexibility index (Phi) is 1.84. The van der Waals surface area contributed by atoms with Gasteiger partial charge >= 0.3 is 5.97 Å². The number of hydrogen-bond donors (Lipinski definition) is 1.